The summed E-state index contributed by atoms with van der Waals surface area (Å²) in [5, 5.41) is 0. The lowest BCUT2D eigenvalue weighted by Gasteiger charge is -2.34. The minimum atomic E-state index is 0.0150. The van der Waals surface area contributed by atoms with Crippen molar-refractivity contribution >= 4 is 15.9 Å². The first kappa shape index (κ1) is 14.7. The molecule has 3 heteroatoms. The number of rotatable bonds is 4. The second kappa shape index (κ2) is 5.98. The van der Waals surface area contributed by atoms with Gasteiger partial charge in [0, 0.05) is 17.6 Å². The predicted molar refractivity (Wildman–Crippen MR) is 76.1 cm³/mol. The van der Waals surface area contributed by atoms with E-state index in [1.165, 1.54) is 5.56 Å². The van der Waals surface area contributed by atoms with E-state index in [2.05, 4.69) is 48.8 Å². The molecule has 0 heterocycles. The molecule has 0 fully saturated rings. The van der Waals surface area contributed by atoms with Gasteiger partial charge >= 0.3 is 0 Å². The van der Waals surface area contributed by atoms with Crippen LogP contribution in [0.25, 0.3) is 0 Å². The molecule has 1 aromatic carbocycles. The number of hydrogen-bond acceptors (Lipinski definition) is 2. The molecule has 2 N–H and O–H groups in total. The Morgan fingerprint density at radius 3 is 2.18 bits per heavy atom. The molecule has 0 spiro atoms. The van der Waals surface area contributed by atoms with E-state index in [-0.39, 0.29) is 17.6 Å². The molecule has 0 aromatic heterocycles. The van der Waals surface area contributed by atoms with E-state index in [9.17, 15) is 0 Å². The Bertz CT molecular complexity index is 342. The van der Waals surface area contributed by atoms with E-state index in [4.69, 9.17) is 10.5 Å². The van der Waals surface area contributed by atoms with Crippen LogP contribution in [0.15, 0.2) is 28.7 Å². The first-order valence-corrected chi connectivity index (χ1v) is 6.66. The van der Waals surface area contributed by atoms with Gasteiger partial charge in [-0.2, -0.15) is 0 Å². The summed E-state index contributed by atoms with van der Waals surface area (Å²) in [6.45, 7) is 6.47. The van der Waals surface area contributed by atoms with Gasteiger partial charge in [-0.05, 0) is 29.5 Å². The third-order valence-electron chi connectivity index (χ3n) is 2.88. The molecular formula is C14H22BrNO. The Morgan fingerprint density at radius 2 is 1.76 bits per heavy atom. The molecule has 0 bridgehead atoms. The zero-order chi connectivity index (χ0) is 13.1. The van der Waals surface area contributed by atoms with Crippen molar-refractivity contribution in [2.45, 2.75) is 39.3 Å². The molecular weight excluding hydrogens is 278 g/mol. The van der Waals surface area contributed by atoms with Crippen molar-refractivity contribution in [3.05, 3.63) is 34.3 Å². The Hall–Kier alpha value is -0.380. The second-order valence-electron chi connectivity index (χ2n) is 5.52. The van der Waals surface area contributed by atoms with E-state index in [1.54, 1.807) is 7.11 Å². The van der Waals surface area contributed by atoms with E-state index < -0.39 is 0 Å². The van der Waals surface area contributed by atoms with Crippen molar-refractivity contribution in [2.24, 2.45) is 11.1 Å². The van der Waals surface area contributed by atoms with Gasteiger partial charge in [0.25, 0.3) is 0 Å². The molecule has 2 nitrogen and oxygen atoms in total. The van der Waals surface area contributed by atoms with Gasteiger partial charge in [0.2, 0.25) is 0 Å². The largest absolute Gasteiger partial charge is 0.379 e. The highest BCUT2D eigenvalue weighted by molar-refractivity contribution is 9.10. The highest BCUT2D eigenvalue weighted by atomic mass is 79.9. The Labute approximate surface area is 113 Å². The second-order valence-corrected chi connectivity index (χ2v) is 6.43. The minimum absolute atomic E-state index is 0.0150. The lowest BCUT2D eigenvalue weighted by atomic mass is 9.83. The van der Waals surface area contributed by atoms with Gasteiger partial charge in [0.15, 0.2) is 0 Å². The number of methoxy groups -OCH3 is 1. The van der Waals surface area contributed by atoms with Gasteiger partial charge in [0.05, 0.1) is 6.10 Å². The van der Waals surface area contributed by atoms with Crippen molar-refractivity contribution in [3.8, 4) is 0 Å². The van der Waals surface area contributed by atoms with Crippen molar-refractivity contribution in [3.63, 3.8) is 0 Å². The molecule has 2 unspecified atom stereocenters. The molecule has 0 aliphatic carbocycles. The maximum absolute atomic E-state index is 6.25. The first-order valence-electron chi connectivity index (χ1n) is 5.87. The molecule has 0 saturated heterocycles. The zero-order valence-corrected chi connectivity index (χ0v) is 12.6. The maximum atomic E-state index is 6.25. The van der Waals surface area contributed by atoms with Gasteiger partial charge in [-0.3, -0.25) is 0 Å². The summed E-state index contributed by atoms with van der Waals surface area (Å²) in [5.74, 6) is 0. The van der Waals surface area contributed by atoms with Crippen LogP contribution >= 0.6 is 15.9 Å². The van der Waals surface area contributed by atoms with Crippen LogP contribution in [-0.2, 0) is 11.2 Å². The summed E-state index contributed by atoms with van der Waals surface area (Å²) < 4.78 is 6.63. The van der Waals surface area contributed by atoms with Gasteiger partial charge in [-0.15, -0.1) is 0 Å². The van der Waals surface area contributed by atoms with Crippen LogP contribution in [0.2, 0.25) is 0 Å². The van der Waals surface area contributed by atoms with Crippen LogP contribution in [-0.4, -0.2) is 19.3 Å². The zero-order valence-electron chi connectivity index (χ0n) is 11.0. The van der Waals surface area contributed by atoms with Crippen LogP contribution in [0, 0.1) is 5.41 Å². The van der Waals surface area contributed by atoms with Gasteiger partial charge in [0.1, 0.15) is 0 Å². The van der Waals surface area contributed by atoms with Crippen molar-refractivity contribution in [1.82, 2.24) is 0 Å². The molecule has 0 radical (unpaired) electrons. The Morgan fingerprint density at radius 1 is 1.24 bits per heavy atom. The fourth-order valence-corrected chi connectivity index (χ4v) is 2.43. The standard InChI is InChI=1S/C14H22BrNO/c1-14(2,3)13(17-4)12(16)9-10-5-7-11(15)8-6-10/h5-8,12-13H,9,16H2,1-4H3. The normalized spacial score (nSPS) is 15.6. The SMILES string of the molecule is COC(C(N)Cc1ccc(Br)cc1)C(C)(C)C. The highest BCUT2D eigenvalue weighted by Gasteiger charge is 2.30. The van der Waals surface area contributed by atoms with Crippen LogP contribution < -0.4 is 5.73 Å². The minimum Gasteiger partial charge on any atom is -0.379 e. The summed E-state index contributed by atoms with van der Waals surface area (Å²) in [6.07, 6.45) is 0.898. The molecule has 1 aromatic rings. The summed E-state index contributed by atoms with van der Waals surface area (Å²) in [7, 11) is 1.73. The number of ether oxygens (including phenoxy) is 1. The van der Waals surface area contributed by atoms with Crippen LogP contribution in [0.1, 0.15) is 26.3 Å². The summed E-state index contributed by atoms with van der Waals surface area (Å²) >= 11 is 3.43. The third-order valence-corrected chi connectivity index (χ3v) is 3.41. The smallest absolute Gasteiger partial charge is 0.0773 e. The van der Waals surface area contributed by atoms with Gasteiger partial charge in [-0.1, -0.05) is 48.8 Å². The summed E-state index contributed by atoms with van der Waals surface area (Å²) in [6, 6.07) is 8.29. The average Bonchev–Trinajstić information content (AvgIpc) is 2.20. The number of benzene rings is 1. The van der Waals surface area contributed by atoms with Crippen molar-refractivity contribution < 1.29 is 4.74 Å². The first-order chi connectivity index (χ1) is 7.84. The maximum Gasteiger partial charge on any atom is 0.0773 e. The van der Waals surface area contributed by atoms with E-state index in [1.807, 2.05) is 12.1 Å². The Kier molecular flexibility index (Phi) is 5.17. The molecule has 17 heavy (non-hydrogen) atoms. The van der Waals surface area contributed by atoms with Crippen LogP contribution in [0.5, 0.6) is 0 Å². The average molecular weight is 300 g/mol. The predicted octanol–water partition coefficient (Wildman–Crippen LogP) is 3.38. The molecule has 1 rings (SSSR count). The van der Waals surface area contributed by atoms with Crippen molar-refractivity contribution in [2.75, 3.05) is 7.11 Å². The Balaban J connectivity index is 2.70. The number of nitrogens with two attached hydrogens (primary N) is 1. The van der Waals surface area contributed by atoms with Gasteiger partial charge < -0.3 is 10.5 Å². The molecule has 2 atom stereocenters. The number of halogens is 1. The monoisotopic (exact) mass is 299 g/mol. The molecule has 0 amide bonds. The fourth-order valence-electron chi connectivity index (χ4n) is 2.17. The summed E-state index contributed by atoms with van der Waals surface area (Å²) in [4.78, 5) is 0. The van der Waals surface area contributed by atoms with Crippen LogP contribution in [0.4, 0.5) is 0 Å². The third kappa shape index (κ3) is 4.41. The van der Waals surface area contributed by atoms with E-state index >= 15 is 0 Å². The van der Waals surface area contributed by atoms with Crippen molar-refractivity contribution in [1.29, 1.82) is 0 Å². The highest BCUT2D eigenvalue weighted by Crippen LogP contribution is 2.25. The topological polar surface area (TPSA) is 35.2 Å². The molecule has 0 aliphatic heterocycles. The van der Waals surface area contributed by atoms with E-state index in [0.717, 1.165) is 10.9 Å². The lowest BCUT2D eigenvalue weighted by Crippen LogP contribution is -2.46. The molecule has 0 saturated carbocycles. The van der Waals surface area contributed by atoms with Crippen LogP contribution in [0.3, 0.4) is 0 Å². The quantitative estimate of drug-likeness (QED) is 0.925. The lowest BCUT2D eigenvalue weighted by molar-refractivity contribution is -0.00165. The number of hydrogen-bond donors (Lipinski definition) is 1. The van der Waals surface area contributed by atoms with E-state index in [0.29, 0.717) is 0 Å². The fraction of sp³-hybridized carbons (Fsp3) is 0.571. The summed E-state index contributed by atoms with van der Waals surface area (Å²) in [5.41, 5.74) is 7.55. The molecule has 0 aliphatic rings. The molecule has 96 valence electrons. The van der Waals surface area contributed by atoms with Gasteiger partial charge in [-0.25, -0.2) is 0 Å².